The quantitative estimate of drug-likeness (QED) is 0.453. The second-order valence-electron chi connectivity index (χ2n) is 13.1. The molecule has 3 saturated heterocycles. The molecule has 4 heterocycles. The predicted molar refractivity (Wildman–Crippen MR) is 158 cm³/mol. The maximum atomic E-state index is 14.3. The molecular weight excluding hydrogens is 559 g/mol. The molecule has 5 aliphatic rings. The maximum absolute atomic E-state index is 14.3. The Morgan fingerprint density at radius 3 is 2.67 bits per heavy atom. The lowest BCUT2D eigenvalue weighted by Crippen LogP contribution is -2.58. The number of hydrogen-bond acceptors (Lipinski definition) is 5. The highest BCUT2D eigenvalue weighted by molar-refractivity contribution is 6.31. The van der Waals surface area contributed by atoms with Gasteiger partial charge in [0.05, 0.1) is 23.0 Å². The largest absolute Gasteiger partial charge is 0.359 e. The molecule has 0 aromatic heterocycles. The van der Waals surface area contributed by atoms with Crippen LogP contribution in [0.3, 0.4) is 0 Å². The standard InChI is InChI=1S/C32H42ClFN4O4/c1-18-7-6-9-24(20(18)3)36-30(40)28-32-13-12-25(42-32)26(29(39)35-21-10-11-23(34)22(33)17-21)27(32)31(41)38(28)16-15-37-14-5-4-8-19(37)2/h10-13,17-20,24-28H,4-9,14-16H2,1-3H3,(H,35,39)(H,36,40)/t18-,19+,20-,24+,25+,26+,27+,28+,32+/m1/s1. The average Bonchev–Trinajstić information content (AvgIpc) is 3.60. The summed E-state index contributed by atoms with van der Waals surface area (Å²) in [7, 11) is 0. The number of rotatable bonds is 7. The molecule has 1 spiro atoms. The van der Waals surface area contributed by atoms with Crippen LogP contribution in [-0.2, 0) is 19.1 Å². The van der Waals surface area contributed by atoms with Crippen LogP contribution in [0.2, 0.25) is 5.02 Å². The van der Waals surface area contributed by atoms with Crippen molar-refractivity contribution in [1.29, 1.82) is 0 Å². The molecule has 1 aliphatic carbocycles. The number of carbonyl (C=O) groups is 3. The molecule has 8 nitrogen and oxygen atoms in total. The Bertz CT molecular complexity index is 1280. The summed E-state index contributed by atoms with van der Waals surface area (Å²) in [5.74, 6) is -2.26. The second kappa shape index (κ2) is 11.5. The summed E-state index contributed by atoms with van der Waals surface area (Å²) < 4.78 is 20.2. The Hall–Kier alpha value is -2.49. The summed E-state index contributed by atoms with van der Waals surface area (Å²) >= 11 is 5.94. The average molecular weight is 601 g/mol. The van der Waals surface area contributed by atoms with Crippen LogP contribution in [0.15, 0.2) is 30.4 Å². The summed E-state index contributed by atoms with van der Waals surface area (Å²) in [6.07, 6.45) is 9.56. The lowest BCUT2D eigenvalue weighted by atomic mass is 9.73. The van der Waals surface area contributed by atoms with Crippen LogP contribution in [0.1, 0.15) is 59.3 Å². The van der Waals surface area contributed by atoms with Crippen molar-refractivity contribution in [3.05, 3.63) is 41.2 Å². The van der Waals surface area contributed by atoms with Gasteiger partial charge in [0.1, 0.15) is 17.5 Å². The first-order chi connectivity index (χ1) is 20.1. The van der Waals surface area contributed by atoms with Gasteiger partial charge in [-0.2, -0.15) is 0 Å². The number of fused-ring (bicyclic) bond motifs is 1. The number of amides is 3. The molecule has 4 fully saturated rings. The Kier molecular flexibility index (Phi) is 8.13. The van der Waals surface area contributed by atoms with Crippen LogP contribution in [0.25, 0.3) is 0 Å². The summed E-state index contributed by atoms with van der Waals surface area (Å²) in [5.41, 5.74) is -0.881. The lowest BCUT2D eigenvalue weighted by Gasteiger charge is -2.39. The molecular formula is C32H42ClFN4O4. The van der Waals surface area contributed by atoms with E-state index in [4.69, 9.17) is 16.3 Å². The first-order valence-corrected chi connectivity index (χ1v) is 16.0. The summed E-state index contributed by atoms with van der Waals surface area (Å²) in [5, 5.41) is 6.02. The van der Waals surface area contributed by atoms with Crippen LogP contribution >= 0.6 is 11.6 Å². The third kappa shape index (κ3) is 5.05. The van der Waals surface area contributed by atoms with Crippen LogP contribution < -0.4 is 10.6 Å². The van der Waals surface area contributed by atoms with Crippen molar-refractivity contribution in [1.82, 2.24) is 15.1 Å². The zero-order valence-electron chi connectivity index (χ0n) is 24.7. The summed E-state index contributed by atoms with van der Waals surface area (Å²) in [6.45, 7) is 8.64. The van der Waals surface area contributed by atoms with Gasteiger partial charge in [-0.3, -0.25) is 19.3 Å². The minimum absolute atomic E-state index is 0.0284. The van der Waals surface area contributed by atoms with Gasteiger partial charge in [-0.25, -0.2) is 4.39 Å². The van der Waals surface area contributed by atoms with Crippen molar-refractivity contribution in [2.24, 2.45) is 23.7 Å². The van der Waals surface area contributed by atoms with Crippen molar-refractivity contribution in [3.8, 4) is 0 Å². The van der Waals surface area contributed by atoms with E-state index < -0.39 is 41.3 Å². The van der Waals surface area contributed by atoms with Gasteiger partial charge in [0.2, 0.25) is 17.7 Å². The van der Waals surface area contributed by atoms with Crippen LogP contribution in [-0.4, -0.2) is 77.0 Å². The van der Waals surface area contributed by atoms with Gasteiger partial charge >= 0.3 is 0 Å². The molecule has 9 atom stereocenters. The van der Waals surface area contributed by atoms with Gasteiger partial charge in [-0.1, -0.05) is 56.9 Å². The smallest absolute Gasteiger partial charge is 0.246 e. The number of piperidine rings is 1. The molecule has 6 rings (SSSR count). The zero-order chi connectivity index (χ0) is 29.8. The topological polar surface area (TPSA) is 91.0 Å². The molecule has 4 aliphatic heterocycles. The Morgan fingerprint density at radius 1 is 1.10 bits per heavy atom. The molecule has 0 unspecified atom stereocenters. The van der Waals surface area contributed by atoms with Gasteiger partial charge in [0.25, 0.3) is 0 Å². The minimum atomic E-state index is -1.22. The molecule has 10 heteroatoms. The molecule has 2 bridgehead atoms. The van der Waals surface area contributed by atoms with Crippen molar-refractivity contribution in [2.75, 3.05) is 25.0 Å². The lowest BCUT2D eigenvalue weighted by molar-refractivity contribution is -0.142. The Balaban J connectivity index is 1.28. The number of benzene rings is 1. The number of likely N-dealkylation sites (tertiary alicyclic amines) is 2. The number of carbonyl (C=O) groups excluding carboxylic acids is 3. The van der Waals surface area contributed by atoms with E-state index in [1.807, 2.05) is 12.2 Å². The predicted octanol–water partition coefficient (Wildman–Crippen LogP) is 4.38. The number of hydrogen-bond donors (Lipinski definition) is 2. The van der Waals surface area contributed by atoms with Gasteiger partial charge in [-0.05, 0) is 62.8 Å². The third-order valence-corrected chi connectivity index (χ3v) is 11.0. The minimum Gasteiger partial charge on any atom is -0.359 e. The van der Waals surface area contributed by atoms with E-state index in [1.165, 1.54) is 24.6 Å². The van der Waals surface area contributed by atoms with Crippen molar-refractivity contribution in [2.45, 2.75) is 89.1 Å². The highest BCUT2D eigenvalue weighted by atomic mass is 35.5. The van der Waals surface area contributed by atoms with E-state index in [0.29, 0.717) is 36.7 Å². The monoisotopic (exact) mass is 600 g/mol. The summed E-state index contributed by atoms with van der Waals surface area (Å²) in [6, 6.07) is 3.55. The third-order valence-electron chi connectivity index (χ3n) is 10.7. The van der Waals surface area contributed by atoms with Crippen molar-refractivity contribution < 1.29 is 23.5 Å². The van der Waals surface area contributed by atoms with E-state index >= 15 is 0 Å². The number of halogens is 2. The highest BCUT2D eigenvalue weighted by Crippen LogP contribution is 2.55. The zero-order valence-corrected chi connectivity index (χ0v) is 25.4. The molecule has 1 aromatic rings. The fourth-order valence-corrected chi connectivity index (χ4v) is 8.26. The van der Waals surface area contributed by atoms with Gasteiger partial charge in [0.15, 0.2) is 0 Å². The number of ether oxygens (including phenoxy) is 1. The fraction of sp³-hybridized carbons (Fsp3) is 0.656. The molecule has 1 saturated carbocycles. The number of nitrogens with one attached hydrogen (secondary N) is 2. The highest BCUT2D eigenvalue weighted by Gasteiger charge is 2.72. The van der Waals surface area contributed by atoms with Gasteiger partial charge in [-0.15, -0.1) is 0 Å². The molecule has 2 N–H and O–H groups in total. The number of anilines is 1. The summed E-state index contributed by atoms with van der Waals surface area (Å²) in [4.78, 5) is 46.2. The maximum Gasteiger partial charge on any atom is 0.246 e. The van der Waals surface area contributed by atoms with Gasteiger partial charge < -0.3 is 20.3 Å². The first-order valence-electron chi connectivity index (χ1n) is 15.6. The van der Waals surface area contributed by atoms with E-state index in [2.05, 4.69) is 36.3 Å². The first kappa shape index (κ1) is 29.6. The van der Waals surface area contributed by atoms with Crippen molar-refractivity contribution >= 4 is 35.0 Å². The van der Waals surface area contributed by atoms with Crippen LogP contribution in [0.4, 0.5) is 10.1 Å². The fourth-order valence-electron chi connectivity index (χ4n) is 8.08. The van der Waals surface area contributed by atoms with E-state index in [1.54, 1.807) is 4.90 Å². The van der Waals surface area contributed by atoms with Crippen LogP contribution in [0, 0.1) is 29.5 Å². The Morgan fingerprint density at radius 2 is 1.90 bits per heavy atom. The molecule has 0 radical (unpaired) electrons. The Labute approximate surface area is 252 Å². The van der Waals surface area contributed by atoms with E-state index in [9.17, 15) is 18.8 Å². The molecule has 1 aromatic carbocycles. The normalized spacial score (nSPS) is 37.6. The van der Waals surface area contributed by atoms with E-state index in [-0.39, 0.29) is 22.9 Å². The van der Waals surface area contributed by atoms with Crippen LogP contribution in [0.5, 0.6) is 0 Å². The van der Waals surface area contributed by atoms with E-state index in [0.717, 1.165) is 38.6 Å². The SMILES string of the molecule is C[C@@H]1[C@H](C)CCC[C@@H]1NC(=O)[C@@H]1N(CCN2CCCC[C@@H]2C)C(=O)[C@@H]2[C@@H](C(=O)Nc3ccc(F)c(Cl)c3)[C@@H]3C=C[C@]21O3. The number of nitrogens with zero attached hydrogens (tertiary/aromatic N) is 2. The molecule has 228 valence electrons. The van der Waals surface area contributed by atoms with Gasteiger partial charge in [0, 0.05) is 30.9 Å². The second-order valence-corrected chi connectivity index (χ2v) is 13.5. The van der Waals surface area contributed by atoms with Crippen molar-refractivity contribution in [3.63, 3.8) is 0 Å². The molecule has 3 amide bonds. The molecule has 42 heavy (non-hydrogen) atoms.